The summed E-state index contributed by atoms with van der Waals surface area (Å²) in [5.41, 5.74) is 0.746. The lowest BCUT2D eigenvalue weighted by atomic mass is 10.2. The summed E-state index contributed by atoms with van der Waals surface area (Å²) < 4.78 is 27.7. The third-order valence-corrected chi connectivity index (χ3v) is 6.54. The van der Waals surface area contributed by atoms with Gasteiger partial charge in [-0.3, -0.25) is 4.79 Å². The number of carboxylic acid groups (broad SMARTS) is 1. The second-order valence-corrected chi connectivity index (χ2v) is 8.91. The number of carbonyl (C=O) groups excluding carboxylic acids is 1. The Morgan fingerprint density at radius 1 is 0.933 bits per heavy atom. The van der Waals surface area contributed by atoms with Gasteiger partial charge in [-0.25, -0.2) is 13.2 Å². The molecule has 0 saturated heterocycles. The average molecular weight is 433 g/mol. The zero-order chi connectivity index (χ0) is 22.1. The number of hydrogen-bond donors (Lipinski definition) is 2. The SMILES string of the molecule is CCCCN(CCCC)S(=O)(=O)c1cccc(C(=O)Nc2ccc(C(=O)O)cc2)c1. The molecule has 0 saturated carbocycles. The molecule has 0 aliphatic heterocycles. The van der Waals surface area contributed by atoms with Gasteiger partial charge in [-0.05, 0) is 55.3 Å². The number of nitrogens with one attached hydrogen (secondary N) is 1. The molecule has 2 aromatic carbocycles. The van der Waals surface area contributed by atoms with Gasteiger partial charge in [-0.2, -0.15) is 4.31 Å². The minimum Gasteiger partial charge on any atom is -0.478 e. The normalized spacial score (nSPS) is 11.4. The first-order valence-electron chi connectivity index (χ1n) is 10.0. The van der Waals surface area contributed by atoms with Crippen LogP contribution >= 0.6 is 0 Å². The fourth-order valence-corrected chi connectivity index (χ4v) is 4.43. The van der Waals surface area contributed by atoms with Crippen LogP contribution in [0.3, 0.4) is 0 Å². The number of aromatic carboxylic acids is 1. The quantitative estimate of drug-likeness (QED) is 0.553. The molecule has 0 atom stereocenters. The van der Waals surface area contributed by atoms with E-state index in [4.69, 9.17) is 5.11 Å². The van der Waals surface area contributed by atoms with Crippen molar-refractivity contribution in [1.29, 1.82) is 0 Å². The van der Waals surface area contributed by atoms with Crippen molar-refractivity contribution in [3.63, 3.8) is 0 Å². The van der Waals surface area contributed by atoms with E-state index in [9.17, 15) is 18.0 Å². The first kappa shape index (κ1) is 23.6. The molecule has 0 aromatic heterocycles. The number of hydrogen-bond acceptors (Lipinski definition) is 4. The van der Waals surface area contributed by atoms with Crippen molar-refractivity contribution in [2.75, 3.05) is 18.4 Å². The Hall–Kier alpha value is -2.71. The van der Waals surface area contributed by atoms with Gasteiger partial charge in [-0.1, -0.05) is 32.8 Å². The standard InChI is InChI=1S/C22H28N2O5S/c1-3-5-14-24(15-6-4-2)30(28,29)20-9-7-8-18(16-20)21(25)23-19-12-10-17(11-13-19)22(26)27/h7-13,16H,3-6,14-15H2,1-2H3,(H,23,25)(H,26,27). The number of benzene rings is 2. The molecule has 0 heterocycles. The van der Waals surface area contributed by atoms with Gasteiger partial charge >= 0.3 is 5.97 Å². The molecule has 162 valence electrons. The number of anilines is 1. The van der Waals surface area contributed by atoms with E-state index in [1.807, 2.05) is 13.8 Å². The van der Waals surface area contributed by atoms with E-state index in [1.54, 1.807) is 12.1 Å². The summed E-state index contributed by atoms with van der Waals surface area (Å²) >= 11 is 0. The third kappa shape index (κ3) is 6.14. The molecule has 0 aliphatic rings. The average Bonchev–Trinajstić information content (AvgIpc) is 2.74. The van der Waals surface area contributed by atoms with E-state index >= 15 is 0 Å². The maximum atomic E-state index is 13.1. The number of carbonyl (C=O) groups is 2. The fourth-order valence-electron chi connectivity index (χ4n) is 2.87. The van der Waals surface area contributed by atoms with E-state index in [0.717, 1.165) is 25.7 Å². The first-order chi connectivity index (χ1) is 14.3. The van der Waals surface area contributed by atoms with Crippen LogP contribution in [-0.2, 0) is 10.0 Å². The lowest BCUT2D eigenvalue weighted by molar-refractivity contribution is 0.0696. The van der Waals surface area contributed by atoms with Crippen LogP contribution in [0.1, 0.15) is 60.2 Å². The Morgan fingerprint density at radius 2 is 1.53 bits per heavy atom. The van der Waals surface area contributed by atoms with Crippen LogP contribution in [-0.4, -0.2) is 42.8 Å². The van der Waals surface area contributed by atoms with Gasteiger partial charge in [0.2, 0.25) is 10.0 Å². The van der Waals surface area contributed by atoms with E-state index < -0.39 is 21.9 Å². The molecule has 0 fully saturated rings. The molecular weight excluding hydrogens is 404 g/mol. The number of rotatable bonds is 11. The molecule has 30 heavy (non-hydrogen) atoms. The van der Waals surface area contributed by atoms with E-state index in [-0.39, 0.29) is 16.0 Å². The smallest absolute Gasteiger partial charge is 0.335 e. The summed E-state index contributed by atoms with van der Waals surface area (Å²) in [4.78, 5) is 23.6. The van der Waals surface area contributed by atoms with Crippen LogP contribution < -0.4 is 5.32 Å². The summed E-state index contributed by atoms with van der Waals surface area (Å²) in [5, 5.41) is 11.6. The maximum absolute atomic E-state index is 13.1. The summed E-state index contributed by atoms with van der Waals surface area (Å²) in [7, 11) is -3.70. The van der Waals surface area contributed by atoms with E-state index in [2.05, 4.69) is 5.32 Å². The molecule has 7 nitrogen and oxygen atoms in total. The number of nitrogens with zero attached hydrogens (tertiary/aromatic N) is 1. The molecule has 1 amide bonds. The van der Waals surface area contributed by atoms with Gasteiger partial charge in [0.15, 0.2) is 0 Å². The van der Waals surface area contributed by atoms with Crippen LogP contribution in [0.25, 0.3) is 0 Å². The highest BCUT2D eigenvalue weighted by Gasteiger charge is 2.24. The summed E-state index contributed by atoms with van der Waals surface area (Å²) in [6.45, 7) is 4.92. The van der Waals surface area contributed by atoms with Gasteiger partial charge < -0.3 is 10.4 Å². The van der Waals surface area contributed by atoms with Crippen molar-refractivity contribution in [3.8, 4) is 0 Å². The van der Waals surface area contributed by atoms with Crippen LogP contribution in [0.2, 0.25) is 0 Å². The topological polar surface area (TPSA) is 104 Å². The Balaban J connectivity index is 2.22. The predicted molar refractivity (Wildman–Crippen MR) is 116 cm³/mol. The highest BCUT2D eigenvalue weighted by atomic mass is 32.2. The summed E-state index contributed by atoms with van der Waals surface area (Å²) in [5.74, 6) is -1.52. The van der Waals surface area contributed by atoms with Gasteiger partial charge in [-0.15, -0.1) is 0 Å². The molecule has 8 heteroatoms. The highest BCUT2D eigenvalue weighted by Crippen LogP contribution is 2.20. The minimum absolute atomic E-state index is 0.0866. The Labute approximate surface area is 177 Å². The van der Waals surface area contributed by atoms with Crippen molar-refractivity contribution in [3.05, 3.63) is 59.7 Å². The van der Waals surface area contributed by atoms with Gasteiger partial charge in [0, 0.05) is 24.3 Å². The summed E-state index contributed by atoms with van der Waals surface area (Å²) in [6, 6.07) is 11.7. The van der Waals surface area contributed by atoms with Crippen LogP contribution in [0.15, 0.2) is 53.4 Å². The molecule has 2 aromatic rings. The zero-order valence-electron chi connectivity index (χ0n) is 17.3. The number of unbranched alkanes of at least 4 members (excludes halogenated alkanes) is 2. The predicted octanol–water partition coefficient (Wildman–Crippen LogP) is 4.23. The number of sulfonamides is 1. The third-order valence-electron chi connectivity index (χ3n) is 4.65. The van der Waals surface area contributed by atoms with Crippen molar-refractivity contribution in [2.24, 2.45) is 0 Å². The molecule has 0 spiro atoms. The van der Waals surface area contributed by atoms with Crippen molar-refractivity contribution >= 4 is 27.6 Å². The van der Waals surface area contributed by atoms with Crippen molar-refractivity contribution < 1.29 is 23.1 Å². The Kier molecular flexibility index (Phi) is 8.56. The van der Waals surface area contributed by atoms with Crippen molar-refractivity contribution in [2.45, 2.75) is 44.4 Å². The molecule has 0 unspecified atom stereocenters. The minimum atomic E-state index is -3.70. The molecule has 0 radical (unpaired) electrons. The first-order valence-corrected chi connectivity index (χ1v) is 11.5. The monoisotopic (exact) mass is 432 g/mol. The molecule has 2 rings (SSSR count). The second-order valence-electron chi connectivity index (χ2n) is 6.98. The maximum Gasteiger partial charge on any atom is 0.335 e. The van der Waals surface area contributed by atoms with Crippen LogP contribution in [0.4, 0.5) is 5.69 Å². The van der Waals surface area contributed by atoms with E-state index in [0.29, 0.717) is 18.8 Å². The molecule has 0 bridgehead atoms. The highest BCUT2D eigenvalue weighted by molar-refractivity contribution is 7.89. The Bertz CT molecular complexity index is 963. The number of amides is 1. The molecule has 0 aliphatic carbocycles. The lowest BCUT2D eigenvalue weighted by Crippen LogP contribution is -2.33. The van der Waals surface area contributed by atoms with Gasteiger partial charge in [0.1, 0.15) is 0 Å². The van der Waals surface area contributed by atoms with Gasteiger partial charge in [0.05, 0.1) is 10.5 Å². The van der Waals surface area contributed by atoms with Crippen LogP contribution in [0.5, 0.6) is 0 Å². The molecule has 2 N–H and O–H groups in total. The van der Waals surface area contributed by atoms with Gasteiger partial charge in [0.25, 0.3) is 5.91 Å². The van der Waals surface area contributed by atoms with Crippen molar-refractivity contribution in [1.82, 2.24) is 4.31 Å². The largest absolute Gasteiger partial charge is 0.478 e. The van der Waals surface area contributed by atoms with Crippen LogP contribution in [0, 0.1) is 0 Å². The zero-order valence-corrected chi connectivity index (χ0v) is 18.1. The fraction of sp³-hybridized carbons (Fsp3) is 0.364. The Morgan fingerprint density at radius 3 is 2.07 bits per heavy atom. The van der Waals surface area contributed by atoms with E-state index in [1.165, 1.54) is 40.7 Å². The number of carboxylic acids is 1. The molecular formula is C22H28N2O5S. The lowest BCUT2D eigenvalue weighted by Gasteiger charge is -2.22. The second kappa shape index (κ2) is 10.9. The summed E-state index contributed by atoms with van der Waals surface area (Å²) in [6.07, 6.45) is 3.33.